The van der Waals surface area contributed by atoms with Crippen molar-refractivity contribution in [2.24, 2.45) is 0 Å². The summed E-state index contributed by atoms with van der Waals surface area (Å²) < 4.78 is 15.7. The van der Waals surface area contributed by atoms with E-state index in [9.17, 15) is 0 Å². The number of fused-ring (bicyclic) bond motifs is 1. The van der Waals surface area contributed by atoms with Crippen LogP contribution in [0.2, 0.25) is 0 Å². The van der Waals surface area contributed by atoms with Crippen LogP contribution in [0.15, 0.2) is 12.1 Å². The van der Waals surface area contributed by atoms with Crippen LogP contribution in [0.25, 0.3) is 0 Å². The van der Waals surface area contributed by atoms with Gasteiger partial charge in [0.15, 0.2) is 11.5 Å². The summed E-state index contributed by atoms with van der Waals surface area (Å²) in [7, 11) is 1.67. The van der Waals surface area contributed by atoms with Gasteiger partial charge in [0.05, 0.1) is 6.61 Å². The fraction of sp³-hybridized carbons (Fsp3) is 0.400. The van der Waals surface area contributed by atoms with E-state index < -0.39 is 0 Å². The molecule has 0 unspecified atom stereocenters. The minimum Gasteiger partial charge on any atom is -0.454 e. The monoisotopic (exact) mass is 180 g/mol. The maximum Gasteiger partial charge on any atom is 0.231 e. The highest BCUT2D eigenvalue weighted by atomic mass is 16.7. The second-order valence-electron chi connectivity index (χ2n) is 3.09. The van der Waals surface area contributed by atoms with Crippen LogP contribution in [0.1, 0.15) is 11.1 Å². The molecular formula is C10H12O3. The lowest BCUT2D eigenvalue weighted by molar-refractivity contribution is 0.163. The molecule has 0 radical (unpaired) electrons. The first-order valence-corrected chi connectivity index (χ1v) is 4.19. The van der Waals surface area contributed by atoms with Crippen LogP contribution >= 0.6 is 0 Å². The third-order valence-electron chi connectivity index (χ3n) is 1.99. The number of aryl methyl sites for hydroxylation is 1. The van der Waals surface area contributed by atoms with E-state index in [1.165, 1.54) is 0 Å². The second kappa shape index (κ2) is 3.26. The van der Waals surface area contributed by atoms with Crippen LogP contribution in [0.3, 0.4) is 0 Å². The highest BCUT2D eigenvalue weighted by Gasteiger charge is 2.17. The van der Waals surface area contributed by atoms with Crippen molar-refractivity contribution in [2.45, 2.75) is 13.5 Å². The van der Waals surface area contributed by atoms with Crippen molar-refractivity contribution in [3.8, 4) is 11.5 Å². The average molecular weight is 180 g/mol. The minimum atomic E-state index is 0.315. The number of hydrogen-bond donors (Lipinski definition) is 0. The topological polar surface area (TPSA) is 27.7 Å². The van der Waals surface area contributed by atoms with Crippen molar-refractivity contribution in [2.75, 3.05) is 13.9 Å². The van der Waals surface area contributed by atoms with Gasteiger partial charge in [-0.1, -0.05) is 0 Å². The number of ether oxygens (including phenoxy) is 3. The van der Waals surface area contributed by atoms with E-state index in [4.69, 9.17) is 14.2 Å². The Morgan fingerprint density at radius 1 is 1.38 bits per heavy atom. The lowest BCUT2D eigenvalue weighted by Gasteiger charge is -2.05. The van der Waals surface area contributed by atoms with E-state index in [-0.39, 0.29) is 0 Å². The molecule has 1 heterocycles. The third-order valence-corrected chi connectivity index (χ3v) is 1.99. The van der Waals surface area contributed by atoms with Gasteiger partial charge >= 0.3 is 0 Å². The Morgan fingerprint density at radius 3 is 3.00 bits per heavy atom. The van der Waals surface area contributed by atoms with Crippen LogP contribution in [0, 0.1) is 6.92 Å². The molecule has 70 valence electrons. The lowest BCUT2D eigenvalue weighted by Crippen LogP contribution is -1.95. The summed E-state index contributed by atoms with van der Waals surface area (Å²) >= 11 is 0. The molecule has 1 aliphatic heterocycles. The SMILES string of the molecule is COCc1cc(C)cc2c1OCO2. The van der Waals surface area contributed by atoms with Crippen LogP contribution in [-0.2, 0) is 11.3 Å². The fourth-order valence-electron chi connectivity index (χ4n) is 1.50. The highest BCUT2D eigenvalue weighted by Crippen LogP contribution is 2.36. The number of hydrogen-bond acceptors (Lipinski definition) is 3. The average Bonchev–Trinajstić information content (AvgIpc) is 2.52. The van der Waals surface area contributed by atoms with Crippen molar-refractivity contribution in [3.63, 3.8) is 0 Å². The van der Waals surface area contributed by atoms with Crippen LogP contribution in [-0.4, -0.2) is 13.9 Å². The molecule has 0 amide bonds. The molecular weight excluding hydrogens is 168 g/mol. The smallest absolute Gasteiger partial charge is 0.231 e. The van der Waals surface area contributed by atoms with Crippen molar-refractivity contribution < 1.29 is 14.2 Å². The van der Waals surface area contributed by atoms with Crippen LogP contribution in [0.4, 0.5) is 0 Å². The quantitative estimate of drug-likeness (QED) is 0.695. The summed E-state index contributed by atoms with van der Waals surface area (Å²) in [6, 6.07) is 4.03. The Hall–Kier alpha value is -1.22. The Labute approximate surface area is 77.2 Å². The molecule has 0 spiro atoms. The highest BCUT2D eigenvalue weighted by molar-refractivity contribution is 5.50. The largest absolute Gasteiger partial charge is 0.454 e. The van der Waals surface area contributed by atoms with Crippen molar-refractivity contribution in [3.05, 3.63) is 23.3 Å². The zero-order chi connectivity index (χ0) is 9.26. The molecule has 1 aliphatic rings. The summed E-state index contributed by atoms with van der Waals surface area (Å²) in [5.41, 5.74) is 2.21. The van der Waals surface area contributed by atoms with Crippen molar-refractivity contribution in [1.82, 2.24) is 0 Å². The van der Waals surface area contributed by atoms with Gasteiger partial charge < -0.3 is 14.2 Å². The molecule has 0 saturated carbocycles. The molecule has 3 nitrogen and oxygen atoms in total. The lowest BCUT2D eigenvalue weighted by atomic mass is 10.1. The van der Waals surface area contributed by atoms with Crippen LogP contribution in [0.5, 0.6) is 11.5 Å². The summed E-state index contributed by atoms with van der Waals surface area (Å²) in [4.78, 5) is 0. The van der Waals surface area contributed by atoms with E-state index >= 15 is 0 Å². The van der Waals surface area contributed by atoms with E-state index in [0.717, 1.165) is 22.6 Å². The molecule has 13 heavy (non-hydrogen) atoms. The van der Waals surface area contributed by atoms with E-state index in [2.05, 4.69) is 6.07 Å². The molecule has 0 atom stereocenters. The molecule has 0 N–H and O–H groups in total. The van der Waals surface area contributed by atoms with E-state index in [1.54, 1.807) is 7.11 Å². The Kier molecular flexibility index (Phi) is 2.10. The number of methoxy groups -OCH3 is 1. The maximum atomic E-state index is 5.33. The normalized spacial score (nSPS) is 13.4. The van der Waals surface area contributed by atoms with Crippen LogP contribution < -0.4 is 9.47 Å². The Balaban J connectivity index is 2.43. The first kappa shape index (κ1) is 8.38. The Morgan fingerprint density at radius 2 is 2.23 bits per heavy atom. The van der Waals surface area contributed by atoms with Gasteiger partial charge in [0, 0.05) is 12.7 Å². The summed E-state index contributed by atoms with van der Waals surface area (Å²) in [5, 5.41) is 0. The molecule has 0 fully saturated rings. The minimum absolute atomic E-state index is 0.315. The van der Waals surface area contributed by atoms with Crippen molar-refractivity contribution in [1.29, 1.82) is 0 Å². The van der Waals surface area contributed by atoms with Gasteiger partial charge in [-0.2, -0.15) is 0 Å². The van der Waals surface area contributed by atoms with Gasteiger partial charge in [0.25, 0.3) is 0 Å². The zero-order valence-corrected chi connectivity index (χ0v) is 7.79. The third kappa shape index (κ3) is 1.47. The van der Waals surface area contributed by atoms with Gasteiger partial charge in [-0.3, -0.25) is 0 Å². The summed E-state index contributed by atoms with van der Waals surface area (Å²) in [6.07, 6.45) is 0. The molecule has 0 aliphatic carbocycles. The van der Waals surface area contributed by atoms with E-state index in [1.807, 2.05) is 13.0 Å². The summed E-state index contributed by atoms with van der Waals surface area (Å²) in [6.45, 7) is 2.91. The maximum absolute atomic E-state index is 5.33. The van der Waals surface area contributed by atoms with Gasteiger partial charge in [-0.15, -0.1) is 0 Å². The van der Waals surface area contributed by atoms with Crippen molar-refractivity contribution >= 4 is 0 Å². The molecule has 3 heteroatoms. The first-order chi connectivity index (χ1) is 6.31. The molecule has 0 saturated heterocycles. The fourth-order valence-corrected chi connectivity index (χ4v) is 1.50. The molecule has 0 aromatic heterocycles. The van der Waals surface area contributed by atoms with E-state index in [0.29, 0.717) is 13.4 Å². The molecule has 1 aromatic rings. The first-order valence-electron chi connectivity index (χ1n) is 4.19. The predicted octanol–water partition coefficient (Wildman–Crippen LogP) is 1.87. The molecule has 0 bridgehead atoms. The second-order valence-corrected chi connectivity index (χ2v) is 3.09. The zero-order valence-electron chi connectivity index (χ0n) is 7.79. The molecule has 1 aromatic carbocycles. The Bertz CT molecular complexity index is 320. The predicted molar refractivity (Wildman–Crippen MR) is 48.0 cm³/mol. The number of benzene rings is 1. The van der Waals surface area contributed by atoms with Gasteiger partial charge in [-0.05, 0) is 24.6 Å². The standard InChI is InChI=1S/C10H12O3/c1-7-3-8(5-11-2)10-9(4-7)12-6-13-10/h3-4H,5-6H2,1-2H3. The summed E-state index contributed by atoms with van der Waals surface area (Å²) in [5.74, 6) is 1.65. The van der Waals surface area contributed by atoms with Gasteiger partial charge in [0.1, 0.15) is 0 Å². The number of rotatable bonds is 2. The van der Waals surface area contributed by atoms with Gasteiger partial charge in [0.2, 0.25) is 6.79 Å². The molecule has 2 rings (SSSR count). The van der Waals surface area contributed by atoms with Gasteiger partial charge in [-0.25, -0.2) is 0 Å².